The average Bonchev–Trinajstić information content (AvgIpc) is 3.89. The van der Waals surface area contributed by atoms with E-state index in [1.54, 1.807) is 0 Å². The predicted octanol–water partition coefficient (Wildman–Crippen LogP) is 15.1. The first kappa shape index (κ1) is 35.8. The third kappa shape index (κ3) is 5.74. The molecular formula is C59H38N2O. The van der Waals surface area contributed by atoms with Crippen molar-refractivity contribution in [2.45, 2.75) is 5.41 Å². The standard InChI is InChI=1S/C59H38N2O/c1-3-16-41(17-4-1)58-60-54(40-34-32-39(33-35-40)47-27-15-28-51-50-26-9-12-31-56(50)62-57(47)51)38-55(61-58)44-20-13-18-42(36-44)43-19-14-23-46(37-43)59(45-21-5-2-6-22-45)52-29-10-7-24-48(52)49-25-8-11-30-53(49)59/h1-38H. The first-order valence-electron chi connectivity index (χ1n) is 21.1. The Morgan fingerprint density at radius 3 is 1.60 bits per heavy atom. The molecule has 1 aliphatic rings. The number of aromatic nitrogens is 2. The first-order chi connectivity index (χ1) is 30.7. The van der Waals surface area contributed by atoms with Crippen LogP contribution in [-0.2, 0) is 5.41 Å². The van der Waals surface area contributed by atoms with Crippen LogP contribution in [0.25, 0.3) is 89.2 Å². The summed E-state index contributed by atoms with van der Waals surface area (Å²) in [5, 5.41) is 2.25. The summed E-state index contributed by atoms with van der Waals surface area (Å²) in [6, 6.07) is 82.2. The van der Waals surface area contributed by atoms with E-state index in [1.165, 1.54) is 33.4 Å². The Bertz CT molecular complexity index is 3410. The van der Waals surface area contributed by atoms with Gasteiger partial charge in [0, 0.05) is 33.0 Å². The van der Waals surface area contributed by atoms with Crippen LogP contribution in [0.1, 0.15) is 22.3 Å². The Balaban J connectivity index is 0.958. The molecule has 2 aromatic heterocycles. The van der Waals surface area contributed by atoms with Gasteiger partial charge in [0.05, 0.1) is 16.8 Å². The number of nitrogens with zero attached hydrogens (tertiary/aromatic N) is 2. The first-order valence-corrected chi connectivity index (χ1v) is 21.1. The molecule has 9 aromatic carbocycles. The number of para-hydroxylation sites is 2. The van der Waals surface area contributed by atoms with Crippen LogP contribution in [-0.4, -0.2) is 9.97 Å². The number of hydrogen-bond donors (Lipinski definition) is 0. The molecule has 3 nitrogen and oxygen atoms in total. The van der Waals surface area contributed by atoms with Gasteiger partial charge in [0.15, 0.2) is 5.82 Å². The van der Waals surface area contributed by atoms with Crippen molar-refractivity contribution in [1.29, 1.82) is 0 Å². The van der Waals surface area contributed by atoms with Crippen molar-refractivity contribution >= 4 is 21.9 Å². The maximum absolute atomic E-state index is 6.39. The van der Waals surface area contributed by atoms with Crippen molar-refractivity contribution in [2.75, 3.05) is 0 Å². The van der Waals surface area contributed by atoms with Gasteiger partial charge < -0.3 is 4.42 Å². The smallest absolute Gasteiger partial charge is 0.160 e. The summed E-state index contributed by atoms with van der Waals surface area (Å²) >= 11 is 0. The van der Waals surface area contributed by atoms with Gasteiger partial charge in [0.25, 0.3) is 0 Å². The minimum Gasteiger partial charge on any atom is -0.455 e. The maximum Gasteiger partial charge on any atom is 0.160 e. The van der Waals surface area contributed by atoms with Crippen LogP contribution in [0, 0.1) is 0 Å². The molecule has 1 aliphatic carbocycles. The van der Waals surface area contributed by atoms with Crippen LogP contribution in [0.3, 0.4) is 0 Å². The molecule has 290 valence electrons. The lowest BCUT2D eigenvalue weighted by molar-refractivity contribution is 0.670. The van der Waals surface area contributed by atoms with Crippen molar-refractivity contribution in [2.24, 2.45) is 0 Å². The average molecular weight is 791 g/mol. The molecule has 11 aromatic rings. The van der Waals surface area contributed by atoms with Gasteiger partial charge in [-0.05, 0) is 74.3 Å². The lowest BCUT2D eigenvalue weighted by atomic mass is 9.67. The van der Waals surface area contributed by atoms with Crippen LogP contribution in [0.2, 0.25) is 0 Å². The zero-order chi connectivity index (χ0) is 41.0. The molecule has 12 rings (SSSR count). The zero-order valence-corrected chi connectivity index (χ0v) is 33.7. The summed E-state index contributed by atoms with van der Waals surface area (Å²) in [5.41, 5.74) is 18.1. The van der Waals surface area contributed by atoms with Gasteiger partial charge in [-0.3, -0.25) is 0 Å². The highest BCUT2D eigenvalue weighted by Gasteiger charge is 2.45. The Kier molecular flexibility index (Phi) is 8.39. The summed E-state index contributed by atoms with van der Waals surface area (Å²) in [7, 11) is 0. The summed E-state index contributed by atoms with van der Waals surface area (Å²) in [6.45, 7) is 0. The van der Waals surface area contributed by atoms with Crippen LogP contribution in [0.5, 0.6) is 0 Å². The highest BCUT2D eigenvalue weighted by Crippen LogP contribution is 2.56. The van der Waals surface area contributed by atoms with Crippen molar-refractivity contribution in [3.8, 4) is 67.3 Å². The second-order valence-corrected chi connectivity index (χ2v) is 16.1. The van der Waals surface area contributed by atoms with E-state index in [4.69, 9.17) is 14.4 Å². The van der Waals surface area contributed by atoms with Crippen LogP contribution >= 0.6 is 0 Å². The number of rotatable bonds is 7. The number of furan rings is 1. The van der Waals surface area contributed by atoms with Crippen molar-refractivity contribution in [1.82, 2.24) is 9.97 Å². The van der Waals surface area contributed by atoms with E-state index in [0.717, 1.165) is 72.3 Å². The minimum absolute atomic E-state index is 0.470. The maximum atomic E-state index is 6.39. The molecule has 0 aliphatic heterocycles. The third-order valence-electron chi connectivity index (χ3n) is 12.6. The zero-order valence-electron chi connectivity index (χ0n) is 33.7. The molecule has 0 saturated carbocycles. The molecule has 3 heteroatoms. The monoisotopic (exact) mass is 790 g/mol. The third-order valence-corrected chi connectivity index (χ3v) is 12.6. The number of fused-ring (bicyclic) bond motifs is 6. The van der Waals surface area contributed by atoms with E-state index in [1.807, 2.05) is 30.3 Å². The predicted molar refractivity (Wildman–Crippen MR) is 254 cm³/mol. The van der Waals surface area contributed by atoms with E-state index in [-0.39, 0.29) is 0 Å². The Morgan fingerprint density at radius 1 is 0.323 bits per heavy atom. The quantitative estimate of drug-likeness (QED) is 0.161. The van der Waals surface area contributed by atoms with E-state index >= 15 is 0 Å². The molecule has 0 unspecified atom stereocenters. The minimum atomic E-state index is -0.470. The normalized spacial score (nSPS) is 12.6. The van der Waals surface area contributed by atoms with Crippen LogP contribution < -0.4 is 0 Å². The van der Waals surface area contributed by atoms with Gasteiger partial charge in [-0.15, -0.1) is 0 Å². The molecule has 0 fully saturated rings. The molecular weight excluding hydrogens is 753 g/mol. The summed E-state index contributed by atoms with van der Waals surface area (Å²) in [5.74, 6) is 0.685. The van der Waals surface area contributed by atoms with Gasteiger partial charge >= 0.3 is 0 Å². The highest BCUT2D eigenvalue weighted by atomic mass is 16.3. The van der Waals surface area contributed by atoms with Crippen LogP contribution in [0.15, 0.2) is 235 Å². The Morgan fingerprint density at radius 2 is 0.839 bits per heavy atom. The highest BCUT2D eigenvalue weighted by molar-refractivity contribution is 6.09. The van der Waals surface area contributed by atoms with Crippen molar-refractivity contribution in [3.63, 3.8) is 0 Å². The number of benzene rings is 9. The molecule has 0 N–H and O–H groups in total. The number of hydrogen-bond acceptors (Lipinski definition) is 3. The van der Waals surface area contributed by atoms with Gasteiger partial charge in [0.2, 0.25) is 0 Å². The molecule has 0 saturated heterocycles. The summed E-state index contributed by atoms with van der Waals surface area (Å²) in [4.78, 5) is 10.4. The molecule has 0 atom stereocenters. The van der Waals surface area contributed by atoms with Gasteiger partial charge in [0.1, 0.15) is 11.2 Å². The SMILES string of the molecule is c1ccc(-c2nc(-c3ccc(-c4cccc5c4oc4ccccc45)cc3)cc(-c3cccc(-c4cccc(C5(c6ccccc6)c6ccccc6-c6ccccc65)c4)c3)n2)cc1. The van der Waals surface area contributed by atoms with Crippen molar-refractivity contribution < 1.29 is 4.42 Å². The Labute approximate surface area is 360 Å². The lowest BCUT2D eigenvalue weighted by Gasteiger charge is -2.34. The van der Waals surface area contributed by atoms with Gasteiger partial charge in [-0.1, -0.05) is 206 Å². The summed E-state index contributed by atoms with van der Waals surface area (Å²) < 4.78 is 6.39. The van der Waals surface area contributed by atoms with Crippen molar-refractivity contribution in [3.05, 3.63) is 253 Å². The van der Waals surface area contributed by atoms with Crippen LogP contribution in [0.4, 0.5) is 0 Å². The second kappa shape index (κ2) is 14.5. The van der Waals surface area contributed by atoms with E-state index in [9.17, 15) is 0 Å². The molecule has 2 heterocycles. The fourth-order valence-corrected chi connectivity index (χ4v) is 9.76. The lowest BCUT2D eigenvalue weighted by Crippen LogP contribution is -2.28. The fourth-order valence-electron chi connectivity index (χ4n) is 9.76. The van der Waals surface area contributed by atoms with E-state index < -0.39 is 5.41 Å². The molecule has 0 radical (unpaired) electrons. The molecule has 0 amide bonds. The molecule has 62 heavy (non-hydrogen) atoms. The molecule has 0 spiro atoms. The molecule has 0 bridgehead atoms. The van der Waals surface area contributed by atoms with Gasteiger partial charge in [-0.2, -0.15) is 0 Å². The largest absolute Gasteiger partial charge is 0.455 e. The Hall–Kier alpha value is -8.14. The van der Waals surface area contributed by atoms with E-state index in [0.29, 0.717) is 5.82 Å². The van der Waals surface area contributed by atoms with E-state index in [2.05, 4.69) is 200 Å². The topological polar surface area (TPSA) is 38.9 Å². The van der Waals surface area contributed by atoms with Gasteiger partial charge in [-0.25, -0.2) is 9.97 Å². The second-order valence-electron chi connectivity index (χ2n) is 16.1. The summed E-state index contributed by atoms with van der Waals surface area (Å²) in [6.07, 6.45) is 0. The fraction of sp³-hybridized carbons (Fsp3) is 0.0169.